The lowest BCUT2D eigenvalue weighted by atomic mass is 10.0. The highest BCUT2D eigenvalue weighted by molar-refractivity contribution is 9.09. The number of aromatic nitrogens is 2. The Balaban J connectivity index is 2.37. The zero-order valence-corrected chi connectivity index (χ0v) is 14.7. The normalized spacial score (nSPS) is 11.8. The van der Waals surface area contributed by atoms with Gasteiger partial charge in [0, 0.05) is 23.1 Å². The van der Waals surface area contributed by atoms with Crippen molar-refractivity contribution in [1.29, 1.82) is 0 Å². The minimum absolute atomic E-state index is 0.137. The third-order valence-electron chi connectivity index (χ3n) is 3.54. The molecule has 0 spiro atoms. The molecule has 0 saturated carbocycles. The first-order chi connectivity index (χ1) is 9.56. The molecular formula is C14H17Br2N3O. The number of carbonyl (C=O) groups excluding carboxylic acids is 1. The molecule has 2 rings (SSSR count). The summed E-state index contributed by atoms with van der Waals surface area (Å²) in [5.41, 5.74) is 1.13. The fourth-order valence-corrected chi connectivity index (χ4v) is 4.06. The van der Waals surface area contributed by atoms with Crippen molar-refractivity contribution in [3.05, 3.63) is 30.0 Å². The quantitative estimate of drug-likeness (QED) is 0.780. The van der Waals surface area contributed by atoms with Crippen LogP contribution in [0.3, 0.4) is 0 Å². The molecule has 1 amide bonds. The molecule has 0 radical (unpaired) electrons. The van der Waals surface area contributed by atoms with E-state index in [0.29, 0.717) is 16.4 Å². The van der Waals surface area contributed by atoms with E-state index in [-0.39, 0.29) is 11.4 Å². The molecule has 4 nitrogen and oxygen atoms in total. The number of halogens is 2. The van der Waals surface area contributed by atoms with Crippen LogP contribution < -0.4 is 5.32 Å². The van der Waals surface area contributed by atoms with Gasteiger partial charge in [-0.2, -0.15) is 5.10 Å². The first-order valence-electron chi connectivity index (χ1n) is 6.43. The number of amides is 1. The summed E-state index contributed by atoms with van der Waals surface area (Å²) in [6, 6.07) is 7.75. The van der Waals surface area contributed by atoms with Crippen molar-refractivity contribution in [3.8, 4) is 0 Å². The molecule has 0 aliphatic rings. The van der Waals surface area contributed by atoms with E-state index < -0.39 is 0 Å². The van der Waals surface area contributed by atoms with Crippen molar-refractivity contribution in [2.75, 3.05) is 10.7 Å². The predicted molar refractivity (Wildman–Crippen MR) is 88.8 cm³/mol. The number of nitrogens with zero attached hydrogens (tertiary/aromatic N) is 2. The Kier molecular flexibility index (Phi) is 4.86. The van der Waals surface area contributed by atoms with Crippen LogP contribution in [0.5, 0.6) is 0 Å². The summed E-state index contributed by atoms with van der Waals surface area (Å²) in [5, 5.41) is 9.71. The lowest BCUT2D eigenvalue weighted by molar-refractivity contribution is 0.0911. The van der Waals surface area contributed by atoms with Gasteiger partial charge in [0.05, 0.1) is 11.1 Å². The van der Waals surface area contributed by atoms with E-state index in [1.807, 2.05) is 31.3 Å². The van der Waals surface area contributed by atoms with Crippen molar-refractivity contribution in [3.63, 3.8) is 0 Å². The largest absolute Gasteiger partial charge is 0.344 e. The van der Waals surface area contributed by atoms with Crippen molar-refractivity contribution in [2.24, 2.45) is 7.05 Å². The van der Waals surface area contributed by atoms with E-state index in [1.165, 1.54) is 0 Å². The number of hydrogen-bond acceptors (Lipinski definition) is 2. The molecular weight excluding hydrogens is 386 g/mol. The molecule has 0 unspecified atom stereocenters. The monoisotopic (exact) mass is 401 g/mol. The van der Waals surface area contributed by atoms with E-state index in [0.717, 1.165) is 17.3 Å². The molecule has 0 saturated heterocycles. The van der Waals surface area contributed by atoms with Gasteiger partial charge in [0.2, 0.25) is 0 Å². The van der Waals surface area contributed by atoms with Crippen molar-refractivity contribution < 1.29 is 4.79 Å². The molecule has 1 aromatic carbocycles. The average Bonchev–Trinajstić information content (AvgIpc) is 2.83. The minimum atomic E-state index is -0.296. The fourth-order valence-electron chi connectivity index (χ4n) is 2.06. The third kappa shape index (κ3) is 2.76. The van der Waals surface area contributed by atoms with Gasteiger partial charge < -0.3 is 5.32 Å². The number of benzene rings is 1. The number of nitrogens with one attached hydrogen (secondary N) is 1. The first kappa shape index (κ1) is 15.5. The van der Waals surface area contributed by atoms with Gasteiger partial charge in [-0.25, -0.2) is 0 Å². The summed E-state index contributed by atoms with van der Waals surface area (Å²) >= 11 is 6.96. The standard InChI is InChI=1S/C14H17Br2N3O/c1-3-14(8-15,9-16)17-13(20)12-10-6-4-5-7-11(10)19(2)18-12/h4-7H,3,8-9H2,1-2H3,(H,17,20). The van der Waals surface area contributed by atoms with Crippen LogP contribution in [0, 0.1) is 0 Å². The number of fused-ring (bicyclic) bond motifs is 1. The molecule has 20 heavy (non-hydrogen) atoms. The second kappa shape index (κ2) is 6.26. The lowest BCUT2D eigenvalue weighted by Gasteiger charge is -2.29. The predicted octanol–water partition coefficient (Wildman–Crippen LogP) is 3.24. The van der Waals surface area contributed by atoms with E-state index in [2.05, 4.69) is 49.2 Å². The summed E-state index contributed by atoms with van der Waals surface area (Å²) in [5.74, 6) is -0.137. The fraction of sp³-hybridized carbons (Fsp3) is 0.429. The third-order valence-corrected chi connectivity index (χ3v) is 5.69. The van der Waals surface area contributed by atoms with Gasteiger partial charge in [-0.05, 0) is 12.5 Å². The van der Waals surface area contributed by atoms with Gasteiger partial charge in [-0.15, -0.1) is 0 Å². The van der Waals surface area contributed by atoms with Gasteiger partial charge in [-0.1, -0.05) is 57.0 Å². The Morgan fingerprint density at radius 3 is 2.60 bits per heavy atom. The van der Waals surface area contributed by atoms with E-state index >= 15 is 0 Å². The number of alkyl halides is 2. The SMILES string of the molecule is CCC(CBr)(CBr)NC(=O)c1nn(C)c2ccccc12. The molecule has 1 aromatic heterocycles. The maximum absolute atomic E-state index is 12.5. The molecule has 0 aliphatic carbocycles. The van der Waals surface area contributed by atoms with Crippen molar-refractivity contribution in [2.45, 2.75) is 18.9 Å². The van der Waals surface area contributed by atoms with Gasteiger partial charge in [-0.3, -0.25) is 9.48 Å². The van der Waals surface area contributed by atoms with Crippen LogP contribution in [-0.2, 0) is 7.05 Å². The summed E-state index contributed by atoms with van der Waals surface area (Å²) in [6.45, 7) is 2.05. The van der Waals surface area contributed by atoms with Crippen LogP contribution in [0.15, 0.2) is 24.3 Å². The smallest absolute Gasteiger partial charge is 0.272 e. The van der Waals surface area contributed by atoms with Crippen LogP contribution in [0.4, 0.5) is 0 Å². The van der Waals surface area contributed by atoms with E-state index in [1.54, 1.807) is 4.68 Å². The number of para-hydroxylation sites is 1. The van der Waals surface area contributed by atoms with Crippen LogP contribution in [0.1, 0.15) is 23.8 Å². The summed E-state index contributed by atoms with van der Waals surface area (Å²) < 4.78 is 1.74. The Hall–Kier alpha value is -0.880. The first-order valence-corrected chi connectivity index (χ1v) is 8.67. The molecule has 1 N–H and O–H groups in total. The number of aryl methyl sites for hydroxylation is 1. The Morgan fingerprint density at radius 2 is 2.00 bits per heavy atom. The maximum Gasteiger partial charge on any atom is 0.272 e. The topological polar surface area (TPSA) is 46.9 Å². The summed E-state index contributed by atoms with van der Waals surface area (Å²) in [6.07, 6.45) is 0.833. The van der Waals surface area contributed by atoms with E-state index in [4.69, 9.17) is 0 Å². The van der Waals surface area contributed by atoms with Crippen LogP contribution >= 0.6 is 31.9 Å². The molecule has 0 atom stereocenters. The van der Waals surface area contributed by atoms with Crippen molar-refractivity contribution >= 4 is 48.7 Å². The van der Waals surface area contributed by atoms with E-state index in [9.17, 15) is 4.79 Å². The highest BCUT2D eigenvalue weighted by Crippen LogP contribution is 2.21. The second-order valence-electron chi connectivity index (χ2n) is 4.84. The number of carbonyl (C=O) groups is 1. The summed E-state index contributed by atoms with van der Waals surface area (Å²) in [4.78, 5) is 12.5. The molecule has 0 fully saturated rings. The molecule has 1 heterocycles. The lowest BCUT2D eigenvalue weighted by Crippen LogP contribution is -2.51. The zero-order chi connectivity index (χ0) is 14.8. The molecule has 0 aliphatic heterocycles. The summed E-state index contributed by atoms with van der Waals surface area (Å²) in [7, 11) is 1.85. The van der Waals surface area contributed by atoms with Crippen LogP contribution in [0.25, 0.3) is 10.9 Å². The highest BCUT2D eigenvalue weighted by atomic mass is 79.9. The van der Waals surface area contributed by atoms with Crippen molar-refractivity contribution in [1.82, 2.24) is 15.1 Å². The minimum Gasteiger partial charge on any atom is -0.344 e. The second-order valence-corrected chi connectivity index (χ2v) is 5.97. The van der Waals surface area contributed by atoms with Crippen LogP contribution in [0.2, 0.25) is 0 Å². The Morgan fingerprint density at radius 1 is 1.35 bits per heavy atom. The van der Waals surface area contributed by atoms with Crippen LogP contribution in [-0.4, -0.2) is 31.9 Å². The highest BCUT2D eigenvalue weighted by Gasteiger charge is 2.29. The molecule has 108 valence electrons. The average molecular weight is 403 g/mol. The number of hydrogen-bond donors (Lipinski definition) is 1. The van der Waals surface area contributed by atoms with Gasteiger partial charge in [0.1, 0.15) is 0 Å². The van der Waals surface area contributed by atoms with Gasteiger partial charge in [0.25, 0.3) is 5.91 Å². The molecule has 6 heteroatoms. The van der Waals surface area contributed by atoms with Gasteiger partial charge in [0.15, 0.2) is 5.69 Å². The Labute approximate surface area is 135 Å². The zero-order valence-electron chi connectivity index (χ0n) is 11.5. The molecule has 0 bridgehead atoms. The molecule has 2 aromatic rings. The Bertz CT molecular complexity index is 612. The number of rotatable bonds is 5. The van der Waals surface area contributed by atoms with Gasteiger partial charge >= 0.3 is 0 Å². The maximum atomic E-state index is 12.5.